The van der Waals surface area contributed by atoms with Crippen LogP contribution in [-0.2, 0) is 10.0 Å². The van der Waals surface area contributed by atoms with E-state index in [2.05, 4.69) is 15.1 Å². The van der Waals surface area contributed by atoms with Gasteiger partial charge in [0.15, 0.2) is 0 Å². The summed E-state index contributed by atoms with van der Waals surface area (Å²) in [5.74, 6) is 0. The lowest BCUT2D eigenvalue weighted by atomic mass is 10.4. The number of sulfonamides is 1. The monoisotopic (exact) mass is 302 g/mol. The number of nitrogens with one attached hydrogen (secondary N) is 1. The molecule has 20 heavy (non-hydrogen) atoms. The maximum Gasteiger partial charge on any atom is 0.246 e. The van der Waals surface area contributed by atoms with Crippen molar-refractivity contribution >= 4 is 10.0 Å². The van der Waals surface area contributed by atoms with E-state index in [1.807, 2.05) is 0 Å². The van der Waals surface area contributed by atoms with Gasteiger partial charge in [-0.2, -0.15) is 9.40 Å². The predicted molar refractivity (Wildman–Crippen MR) is 75.0 cm³/mol. The average molecular weight is 302 g/mol. The summed E-state index contributed by atoms with van der Waals surface area (Å²) in [7, 11) is -3.49. The van der Waals surface area contributed by atoms with Gasteiger partial charge in [0.1, 0.15) is 4.90 Å². The maximum absolute atomic E-state index is 12.7. The molecule has 0 unspecified atom stereocenters. The first-order valence-electron chi connectivity index (χ1n) is 6.81. The lowest BCUT2D eigenvalue weighted by molar-refractivity contribution is 0.202. The van der Waals surface area contributed by atoms with Crippen LogP contribution in [0.5, 0.6) is 0 Å². The number of hydrogen-bond donors (Lipinski definition) is 2. The second-order valence-electron chi connectivity index (χ2n) is 5.09. The van der Waals surface area contributed by atoms with E-state index in [9.17, 15) is 8.42 Å². The Balaban J connectivity index is 2.18. The lowest BCUT2D eigenvalue weighted by Gasteiger charge is -2.21. The number of aliphatic hydroxyl groups excluding tert-OH is 1. The van der Waals surface area contributed by atoms with Crippen LogP contribution >= 0.6 is 0 Å². The number of rotatable bonds is 4. The minimum absolute atomic E-state index is 0.104. The molecular weight excluding hydrogens is 280 g/mol. The van der Waals surface area contributed by atoms with Crippen LogP contribution in [-0.4, -0.2) is 72.3 Å². The average Bonchev–Trinajstić information content (AvgIpc) is 2.62. The molecule has 1 saturated heterocycles. The number of aromatic amines is 1. The van der Waals surface area contributed by atoms with E-state index in [4.69, 9.17) is 5.11 Å². The van der Waals surface area contributed by atoms with E-state index in [-0.39, 0.29) is 6.61 Å². The molecule has 2 heterocycles. The van der Waals surface area contributed by atoms with Crippen LogP contribution in [0.3, 0.4) is 0 Å². The third kappa shape index (κ3) is 3.03. The minimum atomic E-state index is -3.49. The van der Waals surface area contributed by atoms with E-state index >= 15 is 0 Å². The van der Waals surface area contributed by atoms with Crippen molar-refractivity contribution in [2.24, 2.45) is 0 Å². The highest BCUT2D eigenvalue weighted by Crippen LogP contribution is 2.22. The van der Waals surface area contributed by atoms with E-state index in [0.717, 1.165) is 13.0 Å². The molecule has 0 atom stereocenters. The zero-order valence-corrected chi connectivity index (χ0v) is 12.8. The summed E-state index contributed by atoms with van der Waals surface area (Å²) in [5.41, 5.74) is 1.10. The highest BCUT2D eigenvalue weighted by atomic mass is 32.2. The highest BCUT2D eigenvalue weighted by molar-refractivity contribution is 7.89. The standard InChI is InChI=1S/C12H22N4O3S/c1-10-12(11(2)14-13-10)20(18,19)16-5-3-4-15(6-7-16)8-9-17/h17H,3-9H2,1-2H3,(H,13,14). The van der Waals surface area contributed by atoms with Crippen molar-refractivity contribution in [2.45, 2.75) is 25.2 Å². The van der Waals surface area contributed by atoms with Gasteiger partial charge in [0.25, 0.3) is 0 Å². The number of aryl methyl sites for hydroxylation is 2. The molecule has 1 aliphatic heterocycles. The van der Waals surface area contributed by atoms with Crippen molar-refractivity contribution in [1.82, 2.24) is 19.4 Å². The quantitative estimate of drug-likeness (QED) is 0.798. The SMILES string of the molecule is Cc1n[nH]c(C)c1S(=O)(=O)N1CCCN(CCO)CC1. The molecule has 2 N–H and O–H groups in total. The van der Waals surface area contributed by atoms with Gasteiger partial charge in [0.2, 0.25) is 10.0 Å². The Kier molecular flexibility index (Phi) is 4.79. The molecule has 1 fully saturated rings. The third-order valence-corrected chi connectivity index (χ3v) is 5.78. The van der Waals surface area contributed by atoms with Crippen LogP contribution in [0.2, 0.25) is 0 Å². The van der Waals surface area contributed by atoms with Gasteiger partial charge >= 0.3 is 0 Å². The Hall–Kier alpha value is -0.960. The van der Waals surface area contributed by atoms with Gasteiger partial charge in [0.05, 0.1) is 18.0 Å². The fourth-order valence-electron chi connectivity index (χ4n) is 2.60. The molecular formula is C12H22N4O3S. The first kappa shape index (κ1) is 15.4. The fraction of sp³-hybridized carbons (Fsp3) is 0.750. The summed E-state index contributed by atoms with van der Waals surface area (Å²) < 4.78 is 26.9. The number of nitrogens with zero attached hydrogens (tertiary/aromatic N) is 3. The van der Waals surface area contributed by atoms with Crippen molar-refractivity contribution in [3.05, 3.63) is 11.4 Å². The number of hydrogen-bond acceptors (Lipinski definition) is 5. The van der Waals surface area contributed by atoms with E-state index < -0.39 is 10.0 Å². The molecule has 7 nitrogen and oxygen atoms in total. The lowest BCUT2D eigenvalue weighted by Crippen LogP contribution is -2.36. The van der Waals surface area contributed by atoms with Crippen molar-refractivity contribution in [3.63, 3.8) is 0 Å². The van der Waals surface area contributed by atoms with Gasteiger partial charge < -0.3 is 5.11 Å². The molecule has 0 bridgehead atoms. The molecule has 2 rings (SSSR count). The summed E-state index contributed by atoms with van der Waals surface area (Å²) in [6.45, 7) is 6.55. The molecule has 1 aromatic rings. The topological polar surface area (TPSA) is 89.5 Å². The molecule has 1 aromatic heterocycles. The first-order valence-corrected chi connectivity index (χ1v) is 8.25. The Bertz CT molecular complexity index is 536. The van der Waals surface area contributed by atoms with Crippen LogP contribution in [0.25, 0.3) is 0 Å². The zero-order chi connectivity index (χ0) is 14.8. The third-order valence-electron chi connectivity index (χ3n) is 3.62. The summed E-state index contributed by atoms with van der Waals surface area (Å²) in [4.78, 5) is 2.39. The summed E-state index contributed by atoms with van der Waals surface area (Å²) in [6, 6.07) is 0. The second kappa shape index (κ2) is 6.21. The predicted octanol–water partition coefficient (Wildman–Crippen LogP) is -0.285. The zero-order valence-electron chi connectivity index (χ0n) is 12.0. The van der Waals surface area contributed by atoms with E-state index in [0.29, 0.717) is 42.5 Å². The molecule has 1 aliphatic rings. The van der Waals surface area contributed by atoms with Crippen molar-refractivity contribution in [2.75, 3.05) is 39.3 Å². The molecule has 0 aliphatic carbocycles. The number of β-amino-alcohol motifs (C(OH)–C–C–N with tert-alkyl or cyclic N) is 1. The smallest absolute Gasteiger partial charge is 0.246 e. The molecule has 0 amide bonds. The first-order chi connectivity index (χ1) is 9.46. The molecule has 0 saturated carbocycles. The molecule has 0 spiro atoms. The Labute approximate surface area is 119 Å². The van der Waals surface area contributed by atoms with Crippen LogP contribution < -0.4 is 0 Å². The van der Waals surface area contributed by atoms with Gasteiger partial charge in [0, 0.05) is 26.2 Å². The summed E-state index contributed by atoms with van der Waals surface area (Å²) >= 11 is 0. The van der Waals surface area contributed by atoms with Crippen molar-refractivity contribution in [3.8, 4) is 0 Å². The molecule has 0 aromatic carbocycles. The van der Waals surface area contributed by atoms with Crippen molar-refractivity contribution in [1.29, 1.82) is 0 Å². The number of aromatic nitrogens is 2. The number of H-pyrrole nitrogens is 1. The van der Waals surface area contributed by atoms with Crippen LogP contribution in [0.15, 0.2) is 4.90 Å². The van der Waals surface area contributed by atoms with Gasteiger partial charge in [-0.15, -0.1) is 0 Å². The second-order valence-corrected chi connectivity index (χ2v) is 6.96. The van der Waals surface area contributed by atoms with Gasteiger partial charge in [-0.3, -0.25) is 10.00 Å². The Morgan fingerprint density at radius 1 is 1.25 bits per heavy atom. The van der Waals surface area contributed by atoms with Gasteiger partial charge in [-0.25, -0.2) is 8.42 Å². The Morgan fingerprint density at radius 3 is 2.60 bits per heavy atom. The highest BCUT2D eigenvalue weighted by Gasteiger charge is 2.30. The minimum Gasteiger partial charge on any atom is -0.395 e. The molecule has 114 valence electrons. The van der Waals surface area contributed by atoms with Gasteiger partial charge in [-0.1, -0.05) is 0 Å². The Morgan fingerprint density at radius 2 is 2.00 bits per heavy atom. The van der Waals surface area contributed by atoms with Crippen molar-refractivity contribution < 1.29 is 13.5 Å². The normalized spacial score (nSPS) is 19.1. The fourth-order valence-corrected chi connectivity index (χ4v) is 4.40. The largest absolute Gasteiger partial charge is 0.395 e. The van der Waals surface area contributed by atoms with E-state index in [1.165, 1.54) is 4.31 Å². The maximum atomic E-state index is 12.7. The van der Waals surface area contributed by atoms with Crippen LogP contribution in [0.1, 0.15) is 17.8 Å². The number of aliphatic hydroxyl groups is 1. The molecule has 8 heteroatoms. The summed E-state index contributed by atoms with van der Waals surface area (Å²) in [5, 5.41) is 15.7. The van der Waals surface area contributed by atoms with Gasteiger partial charge in [-0.05, 0) is 26.8 Å². The summed E-state index contributed by atoms with van der Waals surface area (Å²) in [6.07, 6.45) is 0.773. The van der Waals surface area contributed by atoms with Crippen LogP contribution in [0.4, 0.5) is 0 Å². The molecule has 0 radical (unpaired) electrons. The van der Waals surface area contributed by atoms with E-state index in [1.54, 1.807) is 13.8 Å². The van der Waals surface area contributed by atoms with Crippen LogP contribution in [0, 0.1) is 13.8 Å².